The van der Waals surface area contributed by atoms with Gasteiger partial charge in [0.25, 0.3) is 5.91 Å². The number of aromatic carboxylic acids is 1. The number of benzene rings is 1. The molecule has 1 aromatic carbocycles. The van der Waals surface area contributed by atoms with Gasteiger partial charge in [-0.25, -0.2) is 4.79 Å². The number of carboxylic acids is 1. The van der Waals surface area contributed by atoms with Crippen LogP contribution in [0.3, 0.4) is 0 Å². The van der Waals surface area contributed by atoms with Crippen molar-refractivity contribution in [2.45, 2.75) is 13.0 Å². The fraction of sp³-hybridized carbons (Fsp3) is 0.250. The van der Waals surface area contributed by atoms with Gasteiger partial charge in [0.15, 0.2) is 5.76 Å². The number of rotatable bonds is 5. The van der Waals surface area contributed by atoms with Gasteiger partial charge in [-0.1, -0.05) is 12.1 Å². The zero-order valence-electron chi connectivity index (χ0n) is 12.6. The lowest BCUT2D eigenvalue weighted by Crippen LogP contribution is -2.29. The Morgan fingerprint density at radius 3 is 2.23 bits per heavy atom. The van der Waals surface area contributed by atoms with E-state index in [9.17, 15) is 9.59 Å². The van der Waals surface area contributed by atoms with Crippen LogP contribution in [0, 0.1) is 0 Å². The molecule has 6 nitrogen and oxygen atoms in total. The van der Waals surface area contributed by atoms with E-state index < -0.39 is 5.97 Å². The van der Waals surface area contributed by atoms with E-state index in [1.807, 2.05) is 31.2 Å². The third-order valence-electron chi connectivity index (χ3n) is 3.53. The summed E-state index contributed by atoms with van der Waals surface area (Å²) in [5, 5.41) is 8.82. The number of furan rings is 1. The average molecular weight is 303 g/mol. The largest absolute Gasteiger partial charge is 0.497 e. The van der Waals surface area contributed by atoms with Crippen molar-refractivity contribution < 1.29 is 23.8 Å². The molecule has 0 saturated heterocycles. The summed E-state index contributed by atoms with van der Waals surface area (Å²) in [6.07, 6.45) is 0. The maximum atomic E-state index is 12.3. The molecule has 0 aliphatic carbocycles. The molecule has 1 amide bonds. The van der Waals surface area contributed by atoms with Gasteiger partial charge in [0.1, 0.15) is 5.75 Å². The standard InChI is InChI=1S/C16H17NO5/c1-10(11-4-6-12(21-3)7-5-11)17(2)15(18)13-8-9-14(22-13)16(19)20/h4-10H,1-3H3,(H,19,20). The van der Waals surface area contributed by atoms with Gasteiger partial charge in [-0.05, 0) is 36.8 Å². The van der Waals surface area contributed by atoms with Crippen molar-refractivity contribution in [3.63, 3.8) is 0 Å². The first-order valence-corrected chi connectivity index (χ1v) is 6.68. The van der Waals surface area contributed by atoms with Crippen LogP contribution in [0.4, 0.5) is 0 Å². The fourth-order valence-electron chi connectivity index (χ4n) is 2.02. The molecule has 22 heavy (non-hydrogen) atoms. The third-order valence-corrected chi connectivity index (χ3v) is 3.53. The van der Waals surface area contributed by atoms with Gasteiger partial charge >= 0.3 is 5.97 Å². The van der Waals surface area contributed by atoms with Crippen LogP contribution in [0.5, 0.6) is 5.75 Å². The Morgan fingerprint density at radius 1 is 1.14 bits per heavy atom. The summed E-state index contributed by atoms with van der Waals surface area (Å²) in [5.74, 6) is -1.10. The van der Waals surface area contributed by atoms with Gasteiger partial charge in [0.05, 0.1) is 13.2 Å². The number of hydrogen-bond acceptors (Lipinski definition) is 4. The van der Waals surface area contributed by atoms with Crippen LogP contribution in [0.1, 0.15) is 39.6 Å². The van der Waals surface area contributed by atoms with Crippen molar-refractivity contribution in [3.05, 3.63) is 53.5 Å². The van der Waals surface area contributed by atoms with E-state index in [0.29, 0.717) is 0 Å². The number of carbonyl (C=O) groups is 2. The first-order chi connectivity index (χ1) is 10.4. The highest BCUT2D eigenvalue weighted by Crippen LogP contribution is 2.23. The molecule has 1 aromatic heterocycles. The van der Waals surface area contributed by atoms with E-state index >= 15 is 0 Å². The van der Waals surface area contributed by atoms with Gasteiger partial charge in [-0.3, -0.25) is 4.79 Å². The highest BCUT2D eigenvalue weighted by atomic mass is 16.5. The number of ether oxygens (including phenoxy) is 1. The van der Waals surface area contributed by atoms with E-state index in [-0.39, 0.29) is 23.5 Å². The molecule has 116 valence electrons. The minimum absolute atomic E-state index is 0.000242. The van der Waals surface area contributed by atoms with Crippen LogP contribution < -0.4 is 4.74 Å². The predicted octanol–water partition coefficient (Wildman–Crippen LogP) is 2.82. The van der Waals surface area contributed by atoms with Crippen molar-refractivity contribution in [1.82, 2.24) is 4.90 Å². The van der Waals surface area contributed by atoms with Gasteiger partial charge in [0, 0.05) is 7.05 Å². The molecule has 0 spiro atoms. The topological polar surface area (TPSA) is 80.0 Å². The van der Waals surface area contributed by atoms with Crippen molar-refractivity contribution in [1.29, 1.82) is 0 Å². The van der Waals surface area contributed by atoms with Gasteiger partial charge in [0.2, 0.25) is 5.76 Å². The average Bonchev–Trinajstić information content (AvgIpc) is 3.03. The molecule has 1 unspecified atom stereocenters. The van der Waals surface area contributed by atoms with Crippen LogP contribution in [0.2, 0.25) is 0 Å². The smallest absolute Gasteiger partial charge is 0.371 e. The summed E-state index contributed by atoms with van der Waals surface area (Å²) >= 11 is 0. The SMILES string of the molecule is COc1ccc(C(C)N(C)C(=O)c2ccc(C(=O)O)o2)cc1. The molecule has 0 aliphatic rings. The molecule has 0 bridgehead atoms. The number of methoxy groups -OCH3 is 1. The molecule has 0 aliphatic heterocycles. The van der Waals surface area contributed by atoms with Gasteiger partial charge < -0.3 is 19.2 Å². The zero-order chi connectivity index (χ0) is 16.3. The maximum Gasteiger partial charge on any atom is 0.371 e. The molecular weight excluding hydrogens is 286 g/mol. The molecule has 2 rings (SSSR count). The lowest BCUT2D eigenvalue weighted by Gasteiger charge is -2.24. The molecule has 1 atom stereocenters. The number of carboxylic acid groups (broad SMARTS) is 1. The fourth-order valence-corrected chi connectivity index (χ4v) is 2.02. The van der Waals surface area contributed by atoms with Crippen LogP contribution in [-0.4, -0.2) is 36.0 Å². The first kappa shape index (κ1) is 15.6. The number of nitrogens with zero attached hydrogens (tertiary/aromatic N) is 1. The minimum Gasteiger partial charge on any atom is -0.497 e. The Balaban J connectivity index is 2.15. The highest BCUT2D eigenvalue weighted by molar-refractivity contribution is 5.93. The first-order valence-electron chi connectivity index (χ1n) is 6.68. The van der Waals surface area contributed by atoms with Crippen LogP contribution in [-0.2, 0) is 0 Å². The lowest BCUT2D eigenvalue weighted by molar-refractivity contribution is 0.0647. The number of carbonyl (C=O) groups excluding carboxylic acids is 1. The van der Waals surface area contributed by atoms with Crippen LogP contribution in [0.15, 0.2) is 40.8 Å². The van der Waals surface area contributed by atoms with Crippen molar-refractivity contribution >= 4 is 11.9 Å². The van der Waals surface area contributed by atoms with E-state index in [0.717, 1.165) is 11.3 Å². The van der Waals surface area contributed by atoms with Crippen LogP contribution in [0.25, 0.3) is 0 Å². The van der Waals surface area contributed by atoms with E-state index in [2.05, 4.69) is 0 Å². The van der Waals surface area contributed by atoms with E-state index in [4.69, 9.17) is 14.3 Å². The van der Waals surface area contributed by atoms with Crippen molar-refractivity contribution in [2.75, 3.05) is 14.2 Å². The Labute approximate surface area is 127 Å². The zero-order valence-corrected chi connectivity index (χ0v) is 12.6. The molecule has 1 N–H and O–H groups in total. The second-order valence-corrected chi connectivity index (χ2v) is 4.83. The van der Waals surface area contributed by atoms with Gasteiger partial charge in [-0.15, -0.1) is 0 Å². The molecule has 0 fully saturated rings. The molecule has 1 heterocycles. The second-order valence-electron chi connectivity index (χ2n) is 4.83. The Kier molecular flexibility index (Phi) is 4.50. The normalized spacial score (nSPS) is 11.8. The lowest BCUT2D eigenvalue weighted by atomic mass is 10.1. The Morgan fingerprint density at radius 2 is 1.73 bits per heavy atom. The molecule has 6 heteroatoms. The van der Waals surface area contributed by atoms with Gasteiger partial charge in [-0.2, -0.15) is 0 Å². The van der Waals surface area contributed by atoms with Crippen molar-refractivity contribution in [3.8, 4) is 5.75 Å². The number of hydrogen-bond donors (Lipinski definition) is 1. The van der Waals surface area contributed by atoms with Crippen molar-refractivity contribution in [2.24, 2.45) is 0 Å². The quantitative estimate of drug-likeness (QED) is 0.918. The third kappa shape index (κ3) is 3.11. The summed E-state index contributed by atoms with van der Waals surface area (Å²) in [6, 6.07) is 9.82. The van der Waals surface area contributed by atoms with Crippen LogP contribution >= 0.6 is 0 Å². The maximum absolute atomic E-state index is 12.3. The summed E-state index contributed by atoms with van der Waals surface area (Å²) in [6.45, 7) is 1.88. The summed E-state index contributed by atoms with van der Waals surface area (Å²) < 4.78 is 10.1. The molecule has 2 aromatic rings. The Bertz CT molecular complexity index is 674. The Hall–Kier alpha value is -2.76. The molecule has 0 radical (unpaired) electrons. The van der Waals surface area contributed by atoms with E-state index in [1.165, 1.54) is 17.0 Å². The predicted molar refractivity (Wildman–Crippen MR) is 79.2 cm³/mol. The highest BCUT2D eigenvalue weighted by Gasteiger charge is 2.22. The summed E-state index contributed by atoms with van der Waals surface area (Å²) in [4.78, 5) is 24.6. The molecule has 0 saturated carbocycles. The number of amides is 1. The monoisotopic (exact) mass is 303 g/mol. The minimum atomic E-state index is -1.20. The van der Waals surface area contributed by atoms with E-state index in [1.54, 1.807) is 14.2 Å². The summed E-state index contributed by atoms with van der Waals surface area (Å²) in [5.41, 5.74) is 0.932. The second kappa shape index (κ2) is 6.34. The summed E-state index contributed by atoms with van der Waals surface area (Å²) in [7, 11) is 3.23. The molecular formula is C16H17NO5.